The highest BCUT2D eigenvalue weighted by molar-refractivity contribution is 5.75. The van der Waals surface area contributed by atoms with E-state index in [1.165, 1.54) is 0 Å². The summed E-state index contributed by atoms with van der Waals surface area (Å²) in [6, 6.07) is -0.247. The standard InChI is InChI=1S/C10H18N2O4/c13-5-9-7-16-4-2-12(9)10(14)11-8-1-3-15-6-8/h8-9,13H,1-7H2,(H,11,14). The van der Waals surface area contributed by atoms with E-state index in [1.54, 1.807) is 4.90 Å². The molecule has 6 nitrogen and oxygen atoms in total. The van der Waals surface area contributed by atoms with Gasteiger partial charge in [0.2, 0.25) is 0 Å². The van der Waals surface area contributed by atoms with Crippen LogP contribution < -0.4 is 5.32 Å². The van der Waals surface area contributed by atoms with Gasteiger partial charge < -0.3 is 24.8 Å². The highest BCUT2D eigenvalue weighted by Gasteiger charge is 2.28. The molecular weight excluding hydrogens is 212 g/mol. The summed E-state index contributed by atoms with van der Waals surface area (Å²) in [5.41, 5.74) is 0. The minimum absolute atomic E-state index is 0.0609. The molecular formula is C10H18N2O4. The Morgan fingerprint density at radius 1 is 1.38 bits per heavy atom. The Labute approximate surface area is 94.5 Å². The number of nitrogens with one attached hydrogen (secondary N) is 1. The number of carbonyl (C=O) groups is 1. The van der Waals surface area contributed by atoms with Crippen molar-refractivity contribution in [2.75, 3.05) is 39.6 Å². The zero-order chi connectivity index (χ0) is 11.4. The van der Waals surface area contributed by atoms with Crippen LogP contribution in [0.15, 0.2) is 0 Å². The monoisotopic (exact) mass is 230 g/mol. The molecule has 0 aromatic rings. The van der Waals surface area contributed by atoms with E-state index in [1.807, 2.05) is 0 Å². The van der Waals surface area contributed by atoms with Gasteiger partial charge in [-0.2, -0.15) is 0 Å². The van der Waals surface area contributed by atoms with Crippen LogP contribution in [-0.2, 0) is 9.47 Å². The van der Waals surface area contributed by atoms with E-state index in [4.69, 9.17) is 14.6 Å². The lowest BCUT2D eigenvalue weighted by atomic mass is 10.2. The molecule has 2 N–H and O–H groups in total. The molecule has 0 aliphatic carbocycles. The Balaban J connectivity index is 1.86. The Morgan fingerprint density at radius 2 is 2.19 bits per heavy atom. The molecule has 2 unspecified atom stereocenters. The van der Waals surface area contributed by atoms with Crippen LogP contribution in [0.25, 0.3) is 0 Å². The molecule has 2 amide bonds. The first kappa shape index (κ1) is 11.6. The molecule has 0 radical (unpaired) electrons. The van der Waals surface area contributed by atoms with Crippen molar-refractivity contribution >= 4 is 6.03 Å². The molecule has 2 saturated heterocycles. The number of carbonyl (C=O) groups excluding carboxylic acids is 1. The zero-order valence-electron chi connectivity index (χ0n) is 9.22. The Morgan fingerprint density at radius 3 is 2.88 bits per heavy atom. The van der Waals surface area contributed by atoms with Gasteiger partial charge in [-0.1, -0.05) is 0 Å². The average molecular weight is 230 g/mol. The van der Waals surface area contributed by atoms with Crippen LogP contribution >= 0.6 is 0 Å². The molecule has 2 aliphatic heterocycles. The summed E-state index contributed by atoms with van der Waals surface area (Å²) in [6.07, 6.45) is 0.861. The third-order valence-corrected chi connectivity index (χ3v) is 2.96. The van der Waals surface area contributed by atoms with Crippen molar-refractivity contribution in [2.45, 2.75) is 18.5 Å². The van der Waals surface area contributed by atoms with E-state index < -0.39 is 0 Å². The van der Waals surface area contributed by atoms with Crippen molar-refractivity contribution in [3.63, 3.8) is 0 Å². The van der Waals surface area contributed by atoms with Crippen LogP contribution in [0.2, 0.25) is 0 Å². The summed E-state index contributed by atoms with van der Waals surface area (Å²) < 4.78 is 10.4. The van der Waals surface area contributed by atoms with Crippen molar-refractivity contribution in [1.29, 1.82) is 0 Å². The van der Waals surface area contributed by atoms with Crippen molar-refractivity contribution in [3.05, 3.63) is 0 Å². The quantitative estimate of drug-likeness (QED) is 0.650. The third kappa shape index (κ3) is 2.63. The maximum Gasteiger partial charge on any atom is 0.318 e. The fourth-order valence-corrected chi connectivity index (χ4v) is 1.98. The highest BCUT2D eigenvalue weighted by Crippen LogP contribution is 2.09. The predicted octanol–water partition coefficient (Wildman–Crippen LogP) is -0.822. The predicted molar refractivity (Wildman–Crippen MR) is 56.2 cm³/mol. The summed E-state index contributed by atoms with van der Waals surface area (Å²) in [7, 11) is 0. The van der Waals surface area contributed by atoms with E-state index in [0.29, 0.717) is 33.0 Å². The number of amides is 2. The number of morpholine rings is 1. The largest absolute Gasteiger partial charge is 0.394 e. The van der Waals surface area contributed by atoms with E-state index in [-0.39, 0.29) is 24.7 Å². The van der Waals surface area contributed by atoms with Crippen molar-refractivity contribution < 1.29 is 19.4 Å². The van der Waals surface area contributed by atoms with Crippen molar-refractivity contribution in [1.82, 2.24) is 10.2 Å². The SMILES string of the molecule is O=C(NC1CCOC1)N1CCOCC1CO. The fraction of sp³-hybridized carbons (Fsp3) is 0.900. The summed E-state index contributed by atoms with van der Waals surface area (Å²) in [6.45, 7) is 2.70. The van der Waals surface area contributed by atoms with Crippen LogP contribution in [0.4, 0.5) is 4.79 Å². The number of nitrogens with zero attached hydrogens (tertiary/aromatic N) is 1. The number of aliphatic hydroxyl groups excluding tert-OH is 1. The number of rotatable bonds is 2. The normalized spacial score (nSPS) is 30.4. The fourth-order valence-electron chi connectivity index (χ4n) is 1.98. The van der Waals surface area contributed by atoms with E-state index in [0.717, 1.165) is 6.42 Å². The lowest BCUT2D eigenvalue weighted by Gasteiger charge is -2.35. The van der Waals surface area contributed by atoms with Gasteiger partial charge in [-0.15, -0.1) is 0 Å². The van der Waals surface area contributed by atoms with Gasteiger partial charge in [-0.05, 0) is 6.42 Å². The van der Waals surface area contributed by atoms with Gasteiger partial charge in [0.05, 0.1) is 38.5 Å². The molecule has 0 saturated carbocycles. The number of aliphatic hydroxyl groups is 1. The highest BCUT2D eigenvalue weighted by atomic mass is 16.5. The minimum Gasteiger partial charge on any atom is -0.394 e. The number of hydrogen-bond donors (Lipinski definition) is 2. The minimum atomic E-state index is -0.226. The molecule has 2 fully saturated rings. The topological polar surface area (TPSA) is 71.0 Å². The first-order valence-electron chi connectivity index (χ1n) is 5.64. The number of hydrogen-bond acceptors (Lipinski definition) is 4. The smallest absolute Gasteiger partial charge is 0.318 e. The number of urea groups is 1. The third-order valence-electron chi connectivity index (χ3n) is 2.96. The van der Waals surface area contributed by atoms with Gasteiger partial charge in [0.15, 0.2) is 0 Å². The Kier molecular flexibility index (Phi) is 3.98. The van der Waals surface area contributed by atoms with Gasteiger partial charge in [-0.25, -0.2) is 4.79 Å². The number of ether oxygens (including phenoxy) is 2. The molecule has 0 spiro atoms. The summed E-state index contributed by atoms with van der Waals surface area (Å²) in [5.74, 6) is 0. The molecule has 0 bridgehead atoms. The molecule has 2 rings (SSSR count). The molecule has 2 atom stereocenters. The van der Waals surface area contributed by atoms with Crippen molar-refractivity contribution in [3.8, 4) is 0 Å². The van der Waals surface area contributed by atoms with E-state index >= 15 is 0 Å². The Hall–Kier alpha value is -0.850. The molecule has 0 aromatic carbocycles. The first-order valence-corrected chi connectivity index (χ1v) is 5.64. The van der Waals surface area contributed by atoms with Gasteiger partial charge in [0.25, 0.3) is 0 Å². The zero-order valence-corrected chi connectivity index (χ0v) is 9.22. The second kappa shape index (κ2) is 5.47. The maximum absolute atomic E-state index is 11.9. The van der Waals surface area contributed by atoms with Gasteiger partial charge in [0, 0.05) is 13.2 Å². The van der Waals surface area contributed by atoms with Crippen LogP contribution in [0, 0.1) is 0 Å². The van der Waals surface area contributed by atoms with Crippen LogP contribution in [0.3, 0.4) is 0 Å². The Bertz CT molecular complexity index is 243. The van der Waals surface area contributed by atoms with Gasteiger partial charge in [-0.3, -0.25) is 0 Å². The summed E-state index contributed by atoms with van der Waals surface area (Å²) in [4.78, 5) is 13.6. The van der Waals surface area contributed by atoms with E-state index in [9.17, 15) is 4.79 Å². The lowest BCUT2D eigenvalue weighted by molar-refractivity contribution is -0.00816. The van der Waals surface area contributed by atoms with Gasteiger partial charge in [0.1, 0.15) is 0 Å². The molecule has 2 aliphatic rings. The lowest BCUT2D eigenvalue weighted by Crippen LogP contribution is -2.55. The summed E-state index contributed by atoms with van der Waals surface area (Å²) >= 11 is 0. The second-order valence-corrected chi connectivity index (χ2v) is 4.11. The van der Waals surface area contributed by atoms with Crippen molar-refractivity contribution in [2.24, 2.45) is 0 Å². The summed E-state index contributed by atoms with van der Waals surface area (Å²) in [5, 5.41) is 12.1. The first-order chi connectivity index (χ1) is 7.81. The molecule has 92 valence electrons. The van der Waals surface area contributed by atoms with Crippen LogP contribution in [0.1, 0.15) is 6.42 Å². The molecule has 6 heteroatoms. The second-order valence-electron chi connectivity index (χ2n) is 4.11. The van der Waals surface area contributed by atoms with Crippen LogP contribution in [0.5, 0.6) is 0 Å². The van der Waals surface area contributed by atoms with Crippen LogP contribution in [-0.4, -0.2) is 67.7 Å². The molecule has 0 aromatic heterocycles. The maximum atomic E-state index is 11.9. The molecule has 16 heavy (non-hydrogen) atoms. The molecule has 2 heterocycles. The van der Waals surface area contributed by atoms with Gasteiger partial charge >= 0.3 is 6.03 Å². The average Bonchev–Trinajstić information content (AvgIpc) is 2.81. The van der Waals surface area contributed by atoms with E-state index in [2.05, 4.69) is 5.32 Å².